The van der Waals surface area contributed by atoms with E-state index in [0.717, 1.165) is 56.1 Å². The van der Waals surface area contributed by atoms with E-state index >= 15 is 0 Å². The van der Waals surface area contributed by atoms with Crippen LogP contribution in [0.25, 0.3) is 0 Å². The molecule has 1 aromatic rings. The van der Waals surface area contributed by atoms with Crippen LogP contribution in [-0.2, 0) is 9.47 Å². The first-order valence-electron chi connectivity index (χ1n) is 6.35. The van der Waals surface area contributed by atoms with Crippen molar-refractivity contribution in [2.75, 3.05) is 38.3 Å². The van der Waals surface area contributed by atoms with Crippen LogP contribution in [0.5, 0.6) is 0 Å². The zero-order chi connectivity index (χ0) is 12.6. The van der Waals surface area contributed by atoms with Crippen molar-refractivity contribution in [3.05, 3.63) is 22.8 Å². The lowest BCUT2D eigenvalue weighted by Crippen LogP contribution is -2.12. The van der Waals surface area contributed by atoms with Gasteiger partial charge >= 0.3 is 0 Å². The standard InChI is InChI=1S/C13H19BrN2O2/c14-12-2-3-13(16-8-12)15-5-1-6-17-9-11-4-7-18-10-11/h2-3,8,11H,1,4-7,9-10H2,(H,15,16). The van der Waals surface area contributed by atoms with Crippen LogP contribution >= 0.6 is 15.9 Å². The zero-order valence-electron chi connectivity index (χ0n) is 10.4. The van der Waals surface area contributed by atoms with Gasteiger partial charge in [0, 0.05) is 36.3 Å². The first-order valence-corrected chi connectivity index (χ1v) is 7.15. The lowest BCUT2D eigenvalue weighted by Gasteiger charge is -2.09. The lowest BCUT2D eigenvalue weighted by molar-refractivity contribution is 0.0897. The van der Waals surface area contributed by atoms with Crippen LogP contribution in [0.15, 0.2) is 22.8 Å². The molecule has 1 N–H and O–H groups in total. The number of hydrogen-bond donors (Lipinski definition) is 1. The van der Waals surface area contributed by atoms with Crippen molar-refractivity contribution in [3.63, 3.8) is 0 Å². The number of rotatable bonds is 7. The lowest BCUT2D eigenvalue weighted by atomic mass is 10.1. The Morgan fingerprint density at radius 2 is 2.44 bits per heavy atom. The van der Waals surface area contributed by atoms with E-state index in [1.165, 1.54) is 0 Å². The van der Waals surface area contributed by atoms with Gasteiger partial charge in [0.05, 0.1) is 13.2 Å². The first-order chi connectivity index (χ1) is 8.84. The predicted octanol–water partition coefficient (Wildman–Crippen LogP) is 2.70. The summed E-state index contributed by atoms with van der Waals surface area (Å²) in [7, 11) is 0. The average molecular weight is 315 g/mol. The number of pyridine rings is 1. The predicted molar refractivity (Wildman–Crippen MR) is 74.8 cm³/mol. The Labute approximate surface area is 116 Å². The molecule has 2 rings (SSSR count). The summed E-state index contributed by atoms with van der Waals surface area (Å²) >= 11 is 3.36. The smallest absolute Gasteiger partial charge is 0.125 e. The highest BCUT2D eigenvalue weighted by Gasteiger charge is 2.14. The summed E-state index contributed by atoms with van der Waals surface area (Å²) < 4.78 is 11.9. The van der Waals surface area contributed by atoms with Gasteiger partial charge in [0.15, 0.2) is 0 Å². The van der Waals surface area contributed by atoms with E-state index < -0.39 is 0 Å². The fourth-order valence-electron chi connectivity index (χ4n) is 1.84. The average Bonchev–Trinajstić information content (AvgIpc) is 2.89. The summed E-state index contributed by atoms with van der Waals surface area (Å²) in [5.41, 5.74) is 0. The summed E-state index contributed by atoms with van der Waals surface area (Å²) in [5, 5.41) is 3.26. The Morgan fingerprint density at radius 3 is 3.17 bits per heavy atom. The van der Waals surface area contributed by atoms with Crippen molar-refractivity contribution >= 4 is 21.7 Å². The van der Waals surface area contributed by atoms with Crippen LogP contribution in [0, 0.1) is 5.92 Å². The summed E-state index contributed by atoms with van der Waals surface area (Å²) in [4.78, 5) is 4.24. The maximum absolute atomic E-state index is 5.63. The second-order valence-corrected chi connectivity index (χ2v) is 5.36. The molecule has 100 valence electrons. The first kappa shape index (κ1) is 13.8. The Kier molecular flexibility index (Phi) is 5.90. The molecule has 18 heavy (non-hydrogen) atoms. The third kappa shape index (κ3) is 4.92. The minimum Gasteiger partial charge on any atom is -0.381 e. The molecule has 2 heterocycles. The molecule has 1 aliphatic rings. The van der Waals surface area contributed by atoms with Crippen molar-refractivity contribution in [1.29, 1.82) is 0 Å². The Balaban J connectivity index is 1.49. The molecule has 1 atom stereocenters. The van der Waals surface area contributed by atoms with Crippen LogP contribution in [0.4, 0.5) is 5.82 Å². The van der Waals surface area contributed by atoms with Crippen LogP contribution < -0.4 is 5.32 Å². The topological polar surface area (TPSA) is 43.4 Å². The summed E-state index contributed by atoms with van der Waals surface area (Å²) in [6.45, 7) is 4.26. The Bertz CT molecular complexity index is 339. The van der Waals surface area contributed by atoms with Gasteiger partial charge < -0.3 is 14.8 Å². The van der Waals surface area contributed by atoms with E-state index in [-0.39, 0.29) is 0 Å². The molecular weight excluding hydrogens is 296 g/mol. The van der Waals surface area contributed by atoms with Gasteiger partial charge in [0.25, 0.3) is 0 Å². The van der Waals surface area contributed by atoms with Gasteiger partial charge in [-0.05, 0) is 40.9 Å². The maximum Gasteiger partial charge on any atom is 0.125 e. The summed E-state index contributed by atoms with van der Waals surface area (Å²) in [5.74, 6) is 1.51. The quantitative estimate of drug-likeness (QED) is 0.786. The van der Waals surface area contributed by atoms with Crippen molar-refractivity contribution in [3.8, 4) is 0 Å². The van der Waals surface area contributed by atoms with Gasteiger partial charge in [-0.2, -0.15) is 0 Å². The minimum absolute atomic E-state index is 0.603. The van der Waals surface area contributed by atoms with Crippen LogP contribution in [0.2, 0.25) is 0 Å². The second kappa shape index (κ2) is 7.71. The molecular formula is C13H19BrN2O2. The van der Waals surface area contributed by atoms with Crippen molar-refractivity contribution in [2.24, 2.45) is 5.92 Å². The molecule has 5 heteroatoms. The molecule has 0 radical (unpaired) electrons. The number of ether oxygens (including phenoxy) is 2. The number of halogens is 1. The van der Waals surface area contributed by atoms with E-state index in [9.17, 15) is 0 Å². The highest BCUT2D eigenvalue weighted by Crippen LogP contribution is 2.12. The number of nitrogens with zero attached hydrogens (tertiary/aromatic N) is 1. The van der Waals surface area contributed by atoms with Gasteiger partial charge in [-0.25, -0.2) is 4.98 Å². The van der Waals surface area contributed by atoms with Crippen molar-refractivity contribution in [2.45, 2.75) is 12.8 Å². The van der Waals surface area contributed by atoms with Crippen LogP contribution in [0.3, 0.4) is 0 Å². The minimum atomic E-state index is 0.603. The van der Waals surface area contributed by atoms with Gasteiger partial charge in [0.1, 0.15) is 5.82 Å². The molecule has 1 saturated heterocycles. The SMILES string of the molecule is Brc1ccc(NCCCOCC2CCOC2)nc1. The van der Waals surface area contributed by atoms with Gasteiger partial charge in [0.2, 0.25) is 0 Å². The molecule has 1 aliphatic heterocycles. The molecule has 1 unspecified atom stereocenters. The third-order valence-electron chi connectivity index (χ3n) is 2.88. The van der Waals surface area contributed by atoms with E-state index in [2.05, 4.69) is 26.2 Å². The largest absolute Gasteiger partial charge is 0.381 e. The molecule has 0 amide bonds. The van der Waals surface area contributed by atoms with Gasteiger partial charge in [-0.1, -0.05) is 0 Å². The van der Waals surface area contributed by atoms with E-state index in [0.29, 0.717) is 5.92 Å². The normalized spacial score (nSPS) is 19.1. The molecule has 0 aliphatic carbocycles. The zero-order valence-corrected chi connectivity index (χ0v) is 12.0. The molecule has 1 fully saturated rings. The molecule has 0 spiro atoms. The second-order valence-electron chi connectivity index (χ2n) is 4.45. The van der Waals surface area contributed by atoms with E-state index in [1.807, 2.05) is 12.1 Å². The van der Waals surface area contributed by atoms with E-state index in [1.54, 1.807) is 6.20 Å². The fourth-order valence-corrected chi connectivity index (χ4v) is 2.07. The van der Waals surface area contributed by atoms with Gasteiger partial charge in [-0.15, -0.1) is 0 Å². The molecule has 0 saturated carbocycles. The Morgan fingerprint density at radius 1 is 1.50 bits per heavy atom. The van der Waals surface area contributed by atoms with Crippen LogP contribution in [0.1, 0.15) is 12.8 Å². The van der Waals surface area contributed by atoms with E-state index in [4.69, 9.17) is 9.47 Å². The van der Waals surface area contributed by atoms with Crippen LogP contribution in [-0.4, -0.2) is 38.0 Å². The number of nitrogens with one attached hydrogen (secondary N) is 1. The van der Waals surface area contributed by atoms with Crippen molar-refractivity contribution in [1.82, 2.24) is 4.98 Å². The summed E-state index contributed by atoms with van der Waals surface area (Å²) in [6.07, 6.45) is 3.92. The highest BCUT2D eigenvalue weighted by molar-refractivity contribution is 9.10. The number of hydrogen-bond acceptors (Lipinski definition) is 4. The van der Waals surface area contributed by atoms with Crippen molar-refractivity contribution < 1.29 is 9.47 Å². The Hall–Kier alpha value is -0.650. The molecule has 0 aromatic carbocycles. The fraction of sp³-hybridized carbons (Fsp3) is 0.615. The number of aromatic nitrogens is 1. The van der Waals surface area contributed by atoms with Gasteiger partial charge in [-0.3, -0.25) is 0 Å². The highest BCUT2D eigenvalue weighted by atomic mass is 79.9. The molecule has 1 aromatic heterocycles. The summed E-state index contributed by atoms with van der Waals surface area (Å²) in [6, 6.07) is 3.94. The molecule has 4 nitrogen and oxygen atoms in total. The number of anilines is 1. The molecule has 0 bridgehead atoms. The monoisotopic (exact) mass is 314 g/mol. The third-order valence-corrected chi connectivity index (χ3v) is 3.35. The maximum atomic E-state index is 5.63.